The van der Waals surface area contributed by atoms with Gasteiger partial charge in [0, 0.05) is 0 Å². The zero-order valence-electron chi connectivity index (χ0n) is 11.5. The quantitative estimate of drug-likeness (QED) is 0.906. The van der Waals surface area contributed by atoms with Crippen LogP contribution in [0.4, 0.5) is 5.69 Å². The molecule has 0 aliphatic heterocycles. The van der Waals surface area contributed by atoms with Crippen LogP contribution in [0.1, 0.15) is 30.4 Å². The highest BCUT2D eigenvalue weighted by Gasteiger charge is 2.44. The number of nitrogens with zero attached hydrogens (tertiary/aromatic N) is 1. The first-order valence-electron chi connectivity index (χ1n) is 6.40. The zero-order valence-corrected chi connectivity index (χ0v) is 11.5. The van der Waals surface area contributed by atoms with E-state index in [1.54, 1.807) is 7.11 Å². The Kier molecular flexibility index (Phi) is 3.48. The third-order valence-corrected chi connectivity index (χ3v) is 3.73. The number of aryl methyl sites for hydroxylation is 2. The molecule has 1 aliphatic rings. The molecule has 100 valence electrons. The van der Waals surface area contributed by atoms with Crippen LogP contribution in [-0.2, 0) is 4.79 Å². The zero-order chi connectivity index (χ0) is 14.0. The summed E-state index contributed by atoms with van der Waals surface area (Å²) in [6.07, 6.45) is 2.22. The number of carbonyl (C=O) groups is 1. The predicted molar refractivity (Wildman–Crippen MR) is 73.0 cm³/mol. The minimum Gasteiger partial charge on any atom is -0.494 e. The number of methoxy groups -OCH3 is 1. The van der Waals surface area contributed by atoms with E-state index in [1.165, 1.54) is 0 Å². The van der Waals surface area contributed by atoms with Crippen molar-refractivity contribution in [1.29, 1.82) is 5.26 Å². The third-order valence-electron chi connectivity index (χ3n) is 3.73. The molecule has 0 spiro atoms. The second-order valence-corrected chi connectivity index (χ2v) is 5.16. The second kappa shape index (κ2) is 4.93. The monoisotopic (exact) mass is 258 g/mol. The summed E-state index contributed by atoms with van der Waals surface area (Å²) in [6, 6.07) is 6.02. The Morgan fingerprint density at radius 1 is 1.42 bits per heavy atom. The van der Waals surface area contributed by atoms with Crippen LogP contribution in [0.15, 0.2) is 12.1 Å². The molecular formula is C15H18N2O2. The van der Waals surface area contributed by atoms with Crippen LogP contribution in [0, 0.1) is 30.6 Å². The van der Waals surface area contributed by atoms with E-state index < -0.39 is 5.41 Å². The van der Waals surface area contributed by atoms with Gasteiger partial charge in [-0.2, -0.15) is 5.26 Å². The van der Waals surface area contributed by atoms with Gasteiger partial charge in [-0.05, 0) is 50.3 Å². The van der Waals surface area contributed by atoms with Gasteiger partial charge in [-0.15, -0.1) is 0 Å². The second-order valence-electron chi connectivity index (χ2n) is 5.16. The lowest BCUT2D eigenvalue weighted by Crippen LogP contribution is -2.40. The Morgan fingerprint density at radius 2 is 2.11 bits per heavy atom. The molecule has 19 heavy (non-hydrogen) atoms. The van der Waals surface area contributed by atoms with Crippen LogP contribution in [0.25, 0.3) is 0 Å². The SMILES string of the molecule is COc1c(C)cc(C)cc1NC(=O)C1(C#N)CCC1. The van der Waals surface area contributed by atoms with E-state index in [9.17, 15) is 10.1 Å². The Bertz CT molecular complexity index is 554. The average molecular weight is 258 g/mol. The van der Waals surface area contributed by atoms with E-state index in [-0.39, 0.29) is 5.91 Å². The van der Waals surface area contributed by atoms with Crippen LogP contribution >= 0.6 is 0 Å². The van der Waals surface area contributed by atoms with Gasteiger partial charge in [-0.1, -0.05) is 6.07 Å². The number of carbonyl (C=O) groups excluding carboxylic acids is 1. The van der Waals surface area contributed by atoms with Gasteiger partial charge in [0.05, 0.1) is 18.9 Å². The molecule has 2 rings (SSSR count). The number of amides is 1. The number of ether oxygens (including phenoxy) is 1. The number of hydrogen-bond donors (Lipinski definition) is 1. The molecule has 0 aromatic heterocycles. The minimum atomic E-state index is -0.845. The van der Waals surface area contributed by atoms with Crippen molar-refractivity contribution >= 4 is 11.6 Å². The van der Waals surface area contributed by atoms with Crippen LogP contribution < -0.4 is 10.1 Å². The molecule has 4 nitrogen and oxygen atoms in total. The van der Waals surface area contributed by atoms with Crippen molar-refractivity contribution in [2.45, 2.75) is 33.1 Å². The van der Waals surface area contributed by atoms with Gasteiger partial charge in [0.25, 0.3) is 0 Å². The standard InChI is InChI=1S/C15H18N2O2/c1-10-7-11(2)13(19-3)12(8-10)17-14(18)15(9-16)5-4-6-15/h7-8H,4-6H2,1-3H3,(H,17,18). The highest BCUT2D eigenvalue weighted by molar-refractivity contribution is 5.99. The maximum Gasteiger partial charge on any atom is 0.244 e. The molecule has 0 radical (unpaired) electrons. The largest absolute Gasteiger partial charge is 0.494 e. The van der Waals surface area contributed by atoms with Crippen molar-refractivity contribution in [3.8, 4) is 11.8 Å². The predicted octanol–water partition coefficient (Wildman–Crippen LogP) is 2.94. The molecule has 0 saturated heterocycles. The lowest BCUT2D eigenvalue weighted by molar-refractivity contribution is -0.126. The number of benzene rings is 1. The molecule has 0 heterocycles. The minimum absolute atomic E-state index is 0.218. The van der Waals surface area contributed by atoms with Crippen LogP contribution in [0.3, 0.4) is 0 Å². The summed E-state index contributed by atoms with van der Waals surface area (Å²) in [6.45, 7) is 3.90. The molecule has 1 aliphatic carbocycles. The summed E-state index contributed by atoms with van der Waals surface area (Å²) in [4.78, 5) is 12.2. The molecule has 1 amide bonds. The maximum absolute atomic E-state index is 12.2. The Morgan fingerprint density at radius 3 is 2.58 bits per heavy atom. The summed E-state index contributed by atoms with van der Waals surface area (Å²) >= 11 is 0. The van der Waals surface area contributed by atoms with Gasteiger partial charge in [0.15, 0.2) is 0 Å². The van der Waals surface area contributed by atoms with E-state index in [4.69, 9.17) is 4.74 Å². The molecule has 0 bridgehead atoms. The molecule has 0 atom stereocenters. The number of nitriles is 1. The number of anilines is 1. The normalized spacial score (nSPS) is 16.1. The van der Waals surface area contributed by atoms with Crippen LogP contribution in [-0.4, -0.2) is 13.0 Å². The van der Waals surface area contributed by atoms with Gasteiger partial charge >= 0.3 is 0 Å². The van der Waals surface area contributed by atoms with E-state index in [0.29, 0.717) is 24.3 Å². The molecule has 1 saturated carbocycles. The molecule has 1 aromatic rings. The first-order chi connectivity index (χ1) is 9.02. The molecular weight excluding hydrogens is 240 g/mol. The first-order valence-corrected chi connectivity index (χ1v) is 6.40. The van der Waals surface area contributed by atoms with Crippen molar-refractivity contribution in [2.75, 3.05) is 12.4 Å². The maximum atomic E-state index is 12.2. The van der Waals surface area contributed by atoms with E-state index in [2.05, 4.69) is 11.4 Å². The third kappa shape index (κ3) is 2.28. The van der Waals surface area contributed by atoms with Crippen molar-refractivity contribution < 1.29 is 9.53 Å². The first kappa shape index (κ1) is 13.4. The lowest BCUT2D eigenvalue weighted by Gasteiger charge is -2.33. The van der Waals surface area contributed by atoms with E-state index >= 15 is 0 Å². The molecule has 1 fully saturated rings. The van der Waals surface area contributed by atoms with E-state index in [1.807, 2.05) is 26.0 Å². The fraction of sp³-hybridized carbons (Fsp3) is 0.467. The van der Waals surface area contributed by atoms with Crippen LogP contribution in [0.5, 0.6) is 5.75 Å². The molecule has 4 heteroatoms. The fourth-order valence-corrected chi connectivity index (χ4v) is 2.48. The van der Waals surface area contributed by atoms with Crippen molar-refractivity contribution in [1.82, 2.24) is 0 Å². The molecule has 1 N–H and O–H groups in total. The average Bonchev–Trinajstić information content (AvgIpc) is 2.27. The van der Waals surface area contributed by atoms with Crippen molar-refractivity contribution in [3.63, 3.8) is 0 Å². The van der Waals surface area contributed by atoms with Gasteiger partial charge in [0.1, 0.15) is 11.2 Å². The van der Waals surface area contributed by atoms with Crippen molar-refractivity contribution in [3.05, 3.63) is 23.3 Å². The highest BCUT2D eigenvalue weighted by atomic mass is 16.5. The smallest absolute Gasteiger partial charge is 0.244 e. The van der Waals surface area contributed by atoms with Gasteiger partial charge in [-0.25, -0.2) is 0 Å². The topological polar surface area (TPSA) is 62.1 Å². The van der Waals surface area contributed by atoms with Gasteiger partial charge < -0.3 is 10.1 Å². The van der Waals surface area contributed by atoms with E-state index in [0.717, 1.165) is 17.5 Å². The Hall–Kier alpha value is -2.02. The van der Waals surface area contributed by atoms with Gasteiger partial charge in [-0.3, -0.25) is 4.79 Å². The Labute approximate surface area is 113 Å². The summed E-state index contributed by atoms with van der Waals surface area (Å²) in [5, 5.41) is 12.0. The molecule has 0 unspecified atom stereocenters. The summed E-state index contributed by atoms with van der Waals surface area (Å²) in [5.74, 6) is 0.441. The van der Waals surface area contributed by atoms with Gasteiger partial charge in [0.2, 0.25) is 5.91 Å². The summed E-state index contributed by atoms with van der Waals surface area (Å²) in [7, 11) is 1.58. The number of hydrogen-bond acceptors (Lipinski definition) is 3. The fourth-order valence-electron chi connectivity index (χ4n) is 2.48. The van der Waals surface area contributed by atoms with Crippen molar-refractivity contribution in [2.24, 2.45) is 5.41 Å². The summed E-state index contributed by atoms with van der Waals surface area (Å²) in [5.41, 5.74) is 1.82. The molecule has 1 aromatic carbocycles. The number of nitrogens with one attached hydrogen (secondary N) is 1. The number of rotatable bonds is 3. The van der Waals surface area contributed by atoms with Crippen LogP contribution in [0.2, 0.25) is 0 Å². The highest BCUT2D eigenvalue weighted by Crippen LogP contribution is 2.42. The summed E-state index contributed by atoms with van der Waals surface area (Å²) < 4.78 is 5.33. The Balaban J connectivity index is 2.29. The lowest BCUT2D eigenvalue weighted by atomic mass is 9.69.